The SMILES string of the molecule is CC/C=C\C/C=C\C/C=C\C/C=C\C/C=C\CCCCCCCCCC(=O)OCC(COC(=O)CCCCCCC/C=C\CCCCC)OC(=O)CCCCCCCCCCCCCCC. The molecule has 0 aliphatic heterocycles. The first-order chi connectivity index (χ1) is 32.5. The van der Waals surface area contributed by atoms with Gasteiger partial charge in [-0.05, 0) is 89.9 Å². The molecule has 0 rings (SSSR count). The number of esters is 3. The van der Waals surface area contributed by atoms with E-state index in [1.54, 1.807) is 0 Å². The molecule has 0 saturated heterocycles. The molecule has 0 aromatic heterocycles. The second kappa shape index (κ2) is 54.5. The van der Waals surface area contributed by atoms with Gasteiger partial charge in [0.25, 0.3) is 0 Å². The van der Waals surface area contributed by atoms with E-state index in [1.807, 2.05) is 0 Å². The van der Waals surface area contributed by atoms with Crippen molar-refractivity contribution in [3.8, 4) is 0 Å². The predicted molar refractivity (Wildman–Crippen MR) is 284 cm³/mol. The minimum absolute atomic E-state index is 0.0812. The van der Waals surface area contributed by atoms with Crippen LogP contribution in [-0.2, 0) is 28.6 Å². The topological polar surface area (TPSA) is 78.9 Å². The molecule has 0 saturated carbocycles. The Morgan fingerprint density at radius 2 is 0.591 bits per heavy atom. The molecule has 0 amide bonds. The fourth-order valence-corrected chi connectivity index (χ4v) is 7.76. The van der Waals surface area contributed by atoms with Crippen molar-refractivity contribution in [1.82, 2.24) is 0 Å². The standard InChI is InChI=1S/C60H104O6/c1-4-7-10-13-16-19-22-25-26-27-28-29-30-31-32-33-34-36-38-41-44-47-50-53-59(62)65-56-57(55-64-58(61)52-49-46-43-40-37-24-21-18-15-12-9-6-3)66-60(63)54-51-48-45-42-39-35-23-20-17-14-11-8-5-2/h7,10,16,18-19,21,25-26,28-29,31-32,57H,4-6,8-9,11-15,17,20,22-24,27,30,33-56H2,1-3H3/b10-7-,19-16-,21-18-,26-25-,29-28-,32-31-. The lowest BCUT2D eigenvalue weighted by molar-refractivity contribution is -0.167. The molecule has 6 nitrogen and oxygen atoms in total. The number of unbranched alkanes of at least 4 members (excludes halogenated alkanes) is 27. The molecule has 1 unspecified atom stereocenters. The molecule has 0 aromatic carbocycles. The Morgan fingerprint density at radius 1 is 0.318 bits per heavy atom. The van der Waals surface area contributed by atoms with Crippen molar-refractivity contribution in [1.29, 1.82) is 0 Å². The van der Waals surface area contributed by atoms with Gasteiger partial charge in [0.2, 0.25) is 0 Å². The molecule has 0 spiro atoms. The summed E-state index contributed by atoms with van der Waals surface area (Å²) in [5.74, 6) is -0.894. The van der Waals surface area contributed by atoms with Crippen molar-refractivity contribution in [3.63, 3.8) is 0 Å². The van der Waals surface area contributed by atoms with Gasteiger partial charge >= 0.3 is 17.9 Å². The number of hydrogen-bond donors (Lipinski definition) is 0. The lowest BCUT2D eigenvalue weighted by Gasteiger charge is -2.18. The van der Waals surface area contributed by atoms with Crippen LogP contribution < -0.4 is 0 Å². The Bertz CT molecular complexity index is 1240. The van der Waals surface area contributed by atoms with Crippen molar-refractivity contribution in [2.24, 2.45) is 0 Å². The van der Waals surface area contributed by atoms with Crippen LogP contribution in [0.4, 0.5) is 0 Å². The molecule has 66 heavy (non-hydrogen) atoms. The van der Waals surface area contributed by atoms with Crippen LogP contribution in [0.2, 0.25) is 0 Å². The summed E-state index contributed by atoms with van der Waals surface area (Å²) in [4.78, 5) is 38.0. The third kappa shape index (κ3) is 51.8. The summed E-state index contributed by atoms with van der Waals surface area (Å²) < 4.78 is 16.8. The first kappa shape index (κ1) is 62.8. The quantitative estimate of drug-likeness (QED) is 0.0262. The van der Waals surface area contributed by atoms with Crippen LogP contribution in [-0.4, -0.2) is 37.2 Å². The summed E-state index contributed by atoms with van der Waals surface area (Å²) >= 11 is 0. The van der Waals surface area contributed by atoms with Crippen molar-refractivity contribution < 1.29 is 28.6 Å². The van der Waals surface area contributed by atoms with Crippen molar-refractivity contribution >= 4 is 17.9 Å². The van der Waals surface area contributed by atoms with Crippen LogP contribution in [0.5, 0.6) is 0 Å². The maximum atomic E-state index is 12.8. The van der Waals surface area contributed by atoms with E-state index >= 15 is 0 Å². The zero-order valence-electron chi connectivity index (χ0n) is 43.4. The molecule has 0 aromatic rings. The Labute approximate surface area is 408 Å². The molecule has 0 N–H and O–H groups in total. The number of carbonyl (C=O) groups is 3. The van der Waals surface area contributed by atoms with E-state index in [2.05, 4.69) is 93.7 Å². The average Bonchev–Trinajstić information content (AvgIpc) is 3.31. The molecular weight excluding hydrogens is 817 g/mol. The van der Waals surface area contributed by atoms with Gasteiger partial charge in [-0.2, -0.15) is 0 Å². The Hall–Kier alpha value is -3.15. The smallest absolute Gasteiger partial charge is 0.306 e. The summed E-state index contributed by atoms with van der Waals surface area (Å²) in [5, 5.41) is 0. The van der Waals surface area contributed by atoms with E-state index in [0.29, 0.717) is 19.3 Å². The largest absolute Gasteiger partial charge is 0.462 e. The van der Waals surface area contributed by atoms with Crippen LogP contribution in [0, 0.1) is 0 Å². The van der Waals surface area contributed by atoms with E-state index < -0.39 is 6.10 Å². The first-order valence-corrected chi connectivity index (χ1v) is 27.9. The molecule has 6 heteroatoms. The average molecular weight is 921 g/mol. The minimum atomic E-state index is -0.781. The third-order valence-electron chi connectivity index (χ3n) is 11.9. The van der Waals surface area contributed by atoms with Crippen LogP contribution in [0.15, 0.2) is 72.9 Å². The maximum absolute atomic E-state index is 12.8. The normalized spacial score (nSPS) is 12.6. The summed E-state index contributed by atoms with van der Waals surface area (Å²) in [6.07, 6.45) is 68.9. The summed E-state index contributed by atoms with van der Waals surface area (Å²) in [6, 6.07) is 0. The van der Waals surface area contributed by atoms with Gasteiger partial charge in [0.15, 0.2) is 6.10 Å². The number of hydrogen-bond acceptors (Lipinski definition) is 6. The lowest BCUT2D eigenvalue weighted by Crippen LogP contribution is -2.30. The van der Waals surface area contributed by atoms with Crippen LogP contribution in [0.1, 0.15) is 271 Å². The number of ether oxygens (including phenoxy) is 3. The molecule has 0 heterocycles. The highest BCUT2D eigenvalue weighted by molar-refractivity contribution is 5.71. The molecule has 380 valence electrons. The van der Waals surface area contributed by atoms with Gasteiger partial charge in [-0.15, -0.1) is 0 Å². The number of carbonyl (C=O) groups excluding carboxylic acids is 3. The molecular formula is C60H104O6. The minimum Gasteiger partial charge on any atom is -0.462 e. The van der Waals surface area contributed by atoms with E-state index in [9.17, 15) is 14.4 Å². The van der Waals surface area contributed by atoms with Crippen molar-refractivity contribution in [3.05, 3.63) is 72.9 Å². The monoisotopic (exact) mass is 921 g/mol. The Kier molecular flexibility index (Phi) is 51.9. The first-order valence-electron chi connectivity index (χ1n) is 27.9. The van der Waals surface area contributed by atoms with Gasteiger partial charge in [-0.3, -0.25) is 14.4 Å². The fraction of sp³-hybridized carbons (Fsp3) is 0.750. The maximum Gasteiger partial charge on any atom is 0.306 e. The molecule has 0 aliphatic carbocycles. The van der Waals surface area contributed by atoms with Gasteiger partial charge in [-0.1, -0.05) is 235 Å². The van der Waals surface area contributed by atoms with Crippen LogP contribution in [0.3, 0.4) is 0 Å². The third-order valence-corrected chi connectivity index (χ3v) is 11.9. The number of allylic oxidation sites excluding steroid dienone is 12. The molecule has 0 aliphatic rings. The second-order valence-electron chi connectivity index (χ2n) is 18.5. The lowest BCUT2D eigenvalue weighted by atomic mass is 10.0. The van der Waals surface area contributed by atoms with Gasteiger partial charge in [0.05, 0.1) is 0 Å². The van der Waals surface area contributed by atoms with Gasteiger partial charge in [0, 0.05) is 19.3 Å². The predicted octanol–water partition coefficient (Wildman–Crippen LogP) is 18.6. The highest BCUT2D eigenvalue weighted by atomic mass is 16.6. The molecule has 1 atom stereocenters. The number of rotatable bonds is 50. The fourth-order valence-electron chi connectivity index (χ4n) is 7.76. The highest BCUT2D eigenvalue weighted by Crippen LogP contribution is 2.15. The van der Waals surface area contributed by atoms with Gasteiger partial charge in [-0.25, -0.2) is 0 Å². The van der Waals surface area contributed by atoms with Gasteiger partial charge < -0.3 is 14.2 Å². The zero-order chi connectivity index (χ0) is 47.9. The molecule has 0 fully saturated rings. The van der Waals surface area contributed by atoms with Crippen molar-refractivity contribution in [2.45, 2.75) is 277 Å². The van der Waals surface area contributed by atoms with E-state index in [4.69, 9.17) is 14.2 Å². The van der Waals surface area contributed by atoms with E-state index in [0.717, 1.165) is 103 Å². The Balaban J connectivity index is 4.32. The van der Waals surface area contributed by atoms with Crippen LogP contribution >= 0.6 is 0 Å². The van der Waals surface area contributed by atoms with Crippen molar-refractivity contribution in [2.75, 3.05) is 13.2 Å². The van der Waals surface area contributed by atoms with E-state index in [1.165, 1.54) is 128 Å². The van der Waals surface area contributed by atoms with Gasteiger partial charge in [0.1, 0.15) is 13.2 Å². The Morgan fingerprint density at radius 3 is 0.970 bits per heavy atom. The summed E-state index contributed by atoms with van der Waals surface area (Å²) in [5.41, 5.74) is 0. The summed E-state index contributed by atoms with van der Waals surface area (Å²) in [7, 11) is 0. The second-order valence-corrected chi connectivity index (χ2v) is 18.5. The van der Waals surface area contributed by atoms with Crippen LogP contribution in [0.25, 0.3) is 0 Å². The zero-order valence-corrected chi connectivity index (χ0v) is 43.4. The van der Waals surface area contributed by atoms with E-state index in [-0.39, 0.29) is 31.1 Å². The highest BCUT2D eigenvalue weighted by Gasteiger charge is 2.19. The molecule has 0 radical (unpaired) electrons. The molecule has 0 bridgehead atoms. The summed E-state index contributed by atoms with van der Waals surface area (Å²) in [6.45, 7) is 6.50.